The van der Waals surface area contributed by atoms with Crippen LogP contribution in [-0.2, 0) is 0 Å². The Bertz CT molecular complexity index is 663. The first kappa shape index (κ1) is 14.0. The van der Waals surface area contributed by atoms with E-state index in [4.69, 9.17) is 4.74 Å². The van der Waals surface area contributed by atoms with Crippen molar-refractivity contribution in [2.75, 3.05) is 12.4 Å². The van der Waals surface area contributed by atoms with Crippen LogP contribution in [0, 0.1) is 13.8 Å². The normalized spacial score (nSPS) is 20.6. The summed E-state index contributed by atoms with van der Waals surface area (Å²) in [6.07, 6.45) is 1.09. The molecular formula is C19H23NO. The Morgan fingerprint density at radius 3 is 2.67 bits per heavy atom. The maximum atomic E-state index is 5.69. The first-order chi connectivity index (χ1) is 10.1. The molecule has 0 saturated heterocycles. The van der Waals surface area contributed by atoms with Gasteiger partial charge in [0.15, 0.2) is 0 Å². The fourth-order valence-corrected chi connectivity index (χ4v) is 3.57. The number of rotatable bonds is 2. The topological polar surface area (TPSA) is 21.3 Å². The molecule has 0 amide bonds. The number of ether oxygens (including phenoxy) is 1. The van der Waals surface area contributed by atoms with Crippen LogP contribution in [0.25, 0.3) is 0 Å². The Balaban J connectivity index is 2.17. The van der Waals surface area contributed by atoms with E-state index < -0.39 is 0 Å². The van der Waals surface area contributed by atoms with Gasteiger partial charge in [0.25, 0.3) is 0 Å². The summed E-state index contributed by atoms with van der Waals surface area (Å²) in [5, 5.41) is 3.59. The zero-order chi connectivity index (χ0) is 15.0. The monoisotopic (exact) mass is 281 g/mol. The predicted octanol–water partition coefficient (Wildman–Crippen LogP) is 4.65. The van der Waals surface area contributed by atoms with Gasteiger partial charge in [0.2, 0.25) is 0 Å². The van der Waals surface area contributed by atoms with Gasteiger partial charge in [-0.3, -0.25) is 0 Å². The quantitative estimate of drug-likeness (QED) is 0.865. The molecule has 0 aliphatic carbocycles. The second kappa shape index (κ2) is 5.44. The number of fused-ring (bicyclic) bond motifs is 1. The minimum atomic E-state index is 0.396. The summed E-state index contributed by atoms with van der Waals surface area (Å²) in [5.74, 6) is 1.41. The SMILES string of the molecule is COc1cc(C)cc(C)c1C1CC(C)Nc2ccccc21. The fourth-order valence-electron chi connectivity index (χ4n) is 3.57. The van der Waals surface area contributed by atoms with Crippen LogP contribution < -0.4 is 10.1 Å². The summed E-state index contributed by atoms with van der Waals surface area (Å²) in [6.45, 7) is 6.57. The van der Waals surface area contributed by atoms with Gasteiger partial charge in [-0.1, -0.05) is 24.3 Å². The Labute approximate surface area is 127 Å². The lowest BCUT2D eigenvalue weighted by Crippen LogP contribution is -2.26. The fraction of sp³-hybridized carbons (Fsp3) is 0.368. The molecule has 2 unspecified atom stereocenters. The number of hydrogen-bond acceptors (Lipinski definition) is 2. The molecule has 0 spiro atoms. The molecule has 1 aliphatic rings. The molecule has 2 nitrogen and oxygen atoms in total. The molecule has 0 aromatic heterocycles. The Morgan fingerprint density at radius 2 is 1.90 bits per heavy atom. The second-order valence-corrected chi connectivity index (χ2v) is 6.12. The number of nitrogens with one attached hydrogen (secondary N) is 1. The van der Waals surface area contributed by atoms with Crippen LogP contribution in [0.1, 0.15) is 41.5 Å². The van der Waals surface area contributed by atoms with E-state index in [1.165, 1.54) is 27.9 Å². The Hall–Kier alpha value is -1.96. The Morgan fingerprint density at radius 1 is 1.14 bits per heavy atom. The van der Waals surface area contributed by atoms with Crippen molar-refractivity contribution in [1.82, 2.24) is 0 Å². The molecule has 1 heterocycles. The molecule has 1 aliphatic heterocycles. The van der Waals surface area contributed by atoms with Crippen molar-refractivity contribution in [3.63, 3.8) is 0 Å². The standard InChI is InChI=1S/C19H23NO/c1-12-9-13(2)19(18(10-12)21-4)16-11-14(3)20-17-8-6-5-7-15(16)17/h5-10,14,16,20H,11H2,1-4H3. The zero-order valence-electron chi connectivity index (χ0n) is 13.2. The lowest BCUT2D eigenvalue weighted by atomic mass is 9.80. The average Bonchev–Trinajstić information content (AvgIpc) is 2.45. The van der Waals surface area contributed by atoms with Crippen molar-refractivity contribution in [3.8, 4) is 5.75 Å². The molecule has 0 fully saturated rings. The summed E-state index contributed by atoms with van der Waals surface area (Å²) >= 11 is 0. The van der Waals surface area contributed by atoms with Crippen molar-refractivity contribution in [2.24, 2.45) is 0 Å². The minimum Gasteiger partial charge on any atom is -0.496 e. The van der Waals surface area contributed by atoms with E-state index in [0.29, 0.717) is 12.0 Å². The third kappa shape index (κ3) is 2.51. The zero-order valence-corrected chi connectivity index (χ0v) is 13.2. The smallest absolute Gasteiger partial charge is 0.123 e. The number of anilines is 1. The summed E-state index contributed by atoms with van der Waals surface area (Å²) in [7, 11) is 1.77. The highest BCUT2D eigenvalue weighted by molar-refractivity contribution is 5.61. The van der Waals surface area contributed by atoms with Gasteiger partial charge in [0.05, 0.1) is 7.11 Å². The molecule has 2 aromatic rings. The molecule has 2 aromatic carbocycles. The lowest BCUT2D eigenvalue weighted by molar-refractivity contribution is 0.404. The molecule has 1 N–H and O–H groups in total. The van der Waals surface area contributed by atoms with E-state index in [0.717, 1.165) is 12.2 Å². The summed E-state index contributed by atoms with van der Waals surface area (Å²) in [4.78, 5) is 0. The van der Waals surface area contributed by atoms with Crippen molar-refractivity contribution >= 4 is 5.69 Å². The first-order valence-electron chi connectivity index (χ1n) is 7.60. The largest absolute Gasteiger partial charge is 0.496 e. The van der Waals surface area contributed by atoms with Gasteiger partial charge >= 0.3 is 0 Å². The van der Waals surface area contributed by atoms with Crippen LogP contribution in [0.3, 0.4) is 0 Å². The van der Waals surface area contributed by atoms with Gasteiger partial charge in [-0.15, -0.1) is 0 Å². The van der Waals surface area contributed by atoms with Crippen molar-refractivity contribution < 1.29 is 4.74 Å². The maximum absolute atomic E-state index is 5.69. The van der Waals surface area contributed by atoms with E-state index in [-0.39, 0.29) is 0 Å². The summed E-state index contributed by atoms with van der Waals surface area (Å²) in [6, 6.07) is 13.5. The van der Waals surface area contributed by atoms with E-state index in [9.17, 15) is 0 Å². The minimum absolute atomic E-state index is 0.396. The third-order valence-corrected chi connectivity index (χ3v) is 4.39. The number of methoxy groups -OCH3 is 1. The van der Waals surface area contributed by atoms with Crippen LogP contribution >= 0.6 is 0 Å². The molecule has 0 saturated carbocycles. The number of para-hydroxylation sites is 1. The van der Waals surface area contributed by atoms with Crippen LogP contribution in [0.2, 0.25) is 0 Å². The van der Waals surface area contributed by atoms with Gasteiger partial charge in [-0.05, 0) is 56.0 Å². The highest BCUT2D eigenvalue weighted by Crippen LogP contribution is 2.43. The molecule has 21 heavy (non-hydrogen) atoms. The van der Waals surface area contributed by atoms with Gasteiger partial charge in [-0.2, -0.15) is 0 Å². The molecule has 0 bridgehead atoms. The van der Waals surface area contributed by atoms with Crippen LogP contribution in [0.5, 0.6) is 5.75 Å². The number of hydrogen-bond donors (Lipinski definition) is 1. The first-order valence-corrected chi connectivity index (χ1v) is 7.60. The van der Waals surface area contributed by atoms with Crippen LogP contribution in [0.4, 0.5) is 5.69 Å². The average molecular weight is 281 g/mol. The van der Waals surface area contributed by atoms with Crippen molar-refractivity contribution in [1.29, 1.82) is 0 Å². The van der Waals surface area contributed by atoms with E-state index in [1.807, 2.05) is 0 Å². The highest BCUT2D eigenvalue weighted by atomic mass is 16.5. The van der Waals surface area contributed by atoms with Crippen LogP contribution in [0.15, 0.2) is 36.4 Å². The van der Waals surface area contributed by atoms with Gasteiger partial charge in [0.1, 0.15) is 5.75 Å². The van der Waals surface area contributed by atoms with Crippen LogP contribution in [-0.4, -0.2) is 13.2 Å². The summed E-state index contributed by atoms with van der Waals surface area (Å²) in [5.41, 5.74) is 6.54. The van der Waals surface area contributed by atoms with Gasteiger partial charge < -0.3 is 10.1 Å². The molecule has 110 valence electrons. The molecule has 3 rings (SSSR count). The molecule has 2 atom stereocenters. The summed E-state index contributed by atoms with van der Waals surface area (Å²) < 4.78 is 5.69. The van der Waals surface area contributed by atoms with Crippen molar-refractivity contribution in [2.45, 2.75) is 39.2 Å². The number of aryl methyl sites for hydroxylation is 2. The molecule has 0 radical (unpaired) electrons. The molecular weight excluding hydrogens is 258 g/mol. The molecule has 2 heteroatoms. The lowest BCUT2D eigenvalue weighted by Gasteiger charge is -2.33. The van der Waals surface area contributed by atoms with E-state index in [2.05, 4.69) is 62.5 Å². The maximum Gasteiger partial charge on any atom is 0.123 e. The van der Waals surface area contributed by atoms with E-state index in [1.54, 1.807) is 7.11 Å². The van der Waals surface area contributed by atoms with Gasteiger partial charge in [-0.25, -0.2) is 0 Å². The van der Waals surface area contributed by atoms with Crippen molar-refractivity contribution in [3.05, 3.63) is 58.7 Å². The highest BCUT2D eigenvalue weighted by Gasteiger charge is 2.28. The third-order valence-electron chi connectivity index (χ3n) is 4.39. The number of benzene rings is 2. The van der Waals surface area contributed by atoms with E-state index >= 15 is 0 Å². The second-order valence-electron chi connectivity index (χ2n) is 6.12. The predicted molar refractivity (Wildman–Crippen MR) is 88.5 cm³/mol. The van der Waals surface area contributed by atoms with Gasteiger partial charge in [0, 0.05) is 23.2 Å². The Kier molecular flexibility index (Phi) is 3.62.